The maximum Gasteiger partial charge on any atom is 0.408 e. The Morgan fingerprint density at radius 3 is 1.52 bits per heavy atom. The second kappa shape index (κ2) is 24.0. The summed E-state index contributed by atoms with van der Waals surface area (Å²) in [7, 11) is 0. The van der Waals surface area contributed by atoms with Gasteiger partial charge in [-0.2, -0.15) is 0 Å². The summed E-state index contributed by atoms with van der Waals surface area (Å²) < 4.78 is 19.5. The Morgan fingerprint density at radius 2 is 0.986 bits per heavy atom. The Bertz CT molecular complexity index is 2720. The Balaban J connectivity index is 1.06. The highest BCUT2D eigenvalue weighted by Gasteiger charge is 2.39. The number of carbonyl (C=O) groups is 3. The summed E-state index contributed by atoms with van der Waals surface area (Å²) in [5, 5.41) is 8.73. The maximum absolute atomic E-state index is 14.7. The lowest BCUT2D eigenvalue weighted by Gasteiger charge is -2.37. The van der Waals surface area contributed by atoms with Crippen LogP contribution in [0.3, 0.4) is 0 Å². The molecule has 3 N–H and O–H groups in total. The number of aromatic nitrogens is 2. The molecule has 348 valence electrons. The predicted molar refractivity (Wildman–Crippen MR) is 266 cm³/mol. The molecule has 11 heteroatoms. The van der Waals surface area contributed by atoms with Crippen LogP contribution in [0.5, 0.6) is 5.75 Å². The van der Waals surface area contributed by atoms with Crippen molar-refractivity contribution in [3.05, 3.63) is 263 Å². The van der Waals surface area contributed by atoms with E-state index in [2.05, 4.69) is 52.3 Å². The normalized spacial score (nSPS) is 12.0. The van der Waals surface area contributed by atoms with Crippen LogP contribution >= 0.6 is 0 Å². The molecule has 1 heterocycles. The second-order valence-corrected chi connectivity index (χ2v) is 16.6. The summed E-state index contributed by atoms with van der Waals surface area (Å²) in [4.78, 5) is 47.2. The molecule has 0 aliphatic rings. The van der Waals surface area contributed by atoms with Crippen molar-refractivity contribution in [3.63, 3.8) is 0 Å². The van der Waals surface area contributed by atoms with E-state index in [0.717, 1.165) is 38.9 Å². The number of rotatable bonds is 22. The fourth-order valence-electron chi connectivity index (χ4n) is 8.28. The molecular weight excluding hydrogens is 863 g/mol. The number of benzene rings is 7. The Hall–Kier alpha value is -8.28. The first-order valence-corrected chi connectivity index (χ1v) is 23.1. The topological polar surface area (TPSA) is 133 Å². The Kier molecular flexibility index (Phi) is 16.4. The van der Waals surface area contributed by atoms with Crippen LogP contribution < -0.4 is 20.7 Å². The molecule has 7 aromatic carbocycles. The molecule has 0 saturated heterocycles. The molecular formula is C58H55N5O6. The summed E-state index contributed by atoms with van der Waals surface area (Å²) in [5.41, 5.74) is 6.28. The lowest BCUT2D eigenvalue weighted by Crippen LogP contribution is -2.55. The fourth-order valence-corrected chi connectivity index (χ4v) is 8.28. The van der Waals surface area contributed by atoms with Crippen molar-refractivity contribution in [3.8, 4) is 5.75 Å². The van der Waals surface area contributed by atoms with Crippen LogP contribution in [0, 0.1) is 0 Å². The van der Waals surface area contributed by atoms with Crippen LogP contribution in [0.25, 0.3) is 0 Å². The number of nitrogens with one attached hydrogen (secondary N) is 3. The number of carbonyl (C=O) groups excluding carboxylic acids is 3. The number of hydrogen-bond donors (Lipinski definition) is 3. The first kappa shape index (κ1) is 47.2. The molecule has 8 aromatic rings. The van der Waals surface area contributed by atoms with Gasteiger partial charge in [-0.15, -0.1) is 0 Å². The molecule has 0 unspecified atom stereocenters. The minimum atomic E-state index is -1.20. The van der Waals surface area contributed by atoms with E-state index in [1.165, 1.54) is 0 Å². The average molecular weight is 918 g/mol. The number of ether oxygens (including phenoxy) is 3. The van der Waals surface area contributed by atoms with Crippen molar-refractivity contribution in [2.45, 2.75) is 50.3 Å². The van der Waals surface area contributed by atoms with E-state index < -0.39 is 35.5 Å². The first-order valence-electron chi connectivity index (χ1n) is 23.1. The van der Waals surface area contributed by atoms with Crippen molar-refractivity contribution in [1.82, 2.24) is 25.5 Å². The van der Waals surface area contributed by atoms with Crippen molar-refractivity contribution >= 4 is 17.9 Å². The van der Waals surface area contributed by atoms with Crippen molar-refractivity contribution < 1.29 is 28.6 Å². The minimum Gasteiger partial charge on any atom is -0.489 e. The Labute approximate surface area is 403 Å². The van der Waals surface area contributed by atoms with Crippen molar-refractivity contribution in [1.29, 1.82) is 0 Å². The third kappa shape index (κ3) is 12.8. The van der Waals surface area contributed by atoms with Gasteiger partial charge in [0.25, 0.3) is 0 Å². The number of nitrogens with zero attached hydrogens (tertiary/aromatic N) is 2. The van der Waals surface area contributed by atoms with E-state index in [-0.39, 0.29) is 32.6 Å². The summed E-state index contributed by atoms with van der Waals surface area (Å²) in [5.74, 6) is -0.342. The highest BCUT2D eigenvalue weighted by atomic mass is 16.5. The molecule has 0 fully saturated rings. The number of amides is 3. The molecule has 0 radical (unpaired) electrons. The summed E-state index contributed by atoms with van der Waals surface area (Å²) in [6.07, 6.45) is 2.99. The fraction of sp³-hybridized carbons (Fsp3) is 0.172. The number of hydrogen-bond acceptors (Lipinski definition) is 7. The highest BCUT2D eigenvalue weighted by molar-refractivity contribution is 5.91. The second-order valence-electron chi connectivity index (χ2n) is 16.6. The van der Waals surface area contributed by atoms with Crippen molar-refractivity contribution in [2.75, 3.05) is 13.2 Å². The number of imidazole rings is 1. The number of alkyl carbamates (subject to hydrolysis) is 1. The standard InChI is InChI=1S/C58H55N5O6/c64-55(59-35-36-67-40-45-19-7-1-8-20-45)53(37-44-31-33-52(34-32-44)68-41-46-21-9-2-10-22-46)61-56(65)54(62-57(66)69-42-47-23-11-3-12-24-47)38-51-39-63(43-60-51)58(48-25-13-4-14-26-48,49-27-15-5-16-28-49)50-29-17-6-18-30-50/h1-34,39,43,53-54H,35-38,40-42H2,(H,59,64)(H,61,65)(H,62,66)/t53-,54-/m0/s1. The third-order valence-electron chi connectivity index (χ3n) is 11.7. The van der Waals surface area contributed by atoms with Crippen LogP contribution in [0.2, 0.25) is 0 Å². The molecule has 3 amide bonds. The highest BCUT2D eigenvalue weighted by Crippen LogP contribution is 2.41. The van der Waals surface area contributed by atoms with E-state index in [0.29, 0.717) is 24.7 Å². The van der Waals surface area contributed by atoms with Gasteiger partial charge in [0.15, 0.2) is 0 Å². The molecule has 0 aliphatic carbocycles. The Morgan fingerprint density at radius 1 is 0.507 bits per heavy atom. The third-order valence-corrected chi connectivity index (χ3v) is 11.7. The zero-order chi connectivity index (χ0) is 47.5. The van der Waals surface area contributed by atoms with Gasteiger partial charge in [-0.3, -0.25) is 9.59 Å². The quantitative estimate of drug-likeness (QED) is 0.0457. The summed E-state index contributed by atoms with van der Waals surface area (Å²) in [6, 6.07) is 64.7. The van der Waals surface area contributed by atoms with Gasteiger partial charge in [-0.25, -0.2) is 9.78 Å². The zero-order valence-electron chi connectivity index (χ0n) is 38.2. The molecule has 8 rings (SSSR count). The van der Waals surface area contributed by atoms with Crippen molar-refractivity contribution in [2.24, 2.45) is 0 Å². The van der Waals surface area contributed by atoms with Gasteiger partial charge >= 0.3 is 6.09 Å². The van der Waals surface area contributed by atoms with Crippen LogP contribution in [0.4, 0.5) is 4.79 Å². The van der Waals surface area contributed by atoms with Gasteiger partial charge in [-0.05, 0) is 51.1 Å². The van der Waals surface area contributed by atoms with Gasteiger partial charge in [0.05, 0.1) is 25.2 Å². The molecule has 1 aromatic heterocycles. The average Bonchev–Trinajstić information content (AvgIpc) is 3.87. The van der Waals surface area contributed by atoms with Crippen LogP contribution in [-0.4, -0.2) is 52.7 Å². The van der Waals surface area contributed by atoms with Gasteiger partial charge < -0.3 is 34.7 Å². The van der Waals surface area contributed by atoms with E-state index in [4.69, 9.17) is 19.2 Å². The molecule has 0 aliphatic heterocycles. The molecule has 11 nitrogen and oxygen atoms in total. The van der Waals surface area contributed by atoms with Gasteiger partial charge in [0, 0.05) is 25.6 Å². The predicted octanol–water partition coefficient (Wildman–Crippen LogP) is 9.20. The largest absolute Gasteiger partial charge is 0.489 e. The van der Waals surface area contributed by atoms with E-state index in [9.17, 15) is 14.4 Å². The monoisotopic (exact) mass is 917 g/mol. The van der Waals surface area contributed by atoms with Gasteiger partial charge in [-0.1, -0.05) is 194 Å². The van der Waals surface area contributed by atoms with Gasteiger partial charge in [0.1, 0.15) is 36.6 Å². The van der Waals surface area contributed by atoms with E-state index in [1.807, 2.05) is 181 Å². The molecule has 0 bridgehead atoms. The molecule has 0 spiro atoms. The van der Waals surface area contributed by atoms with Crippen LogP contribution in [0.15, 0.2) is 219 Å². The van der Waals surface area contributed by atoms with Crippen LogP contribution in [-0.2, 0) is 57.3 Å². The first-order chi connectivity index (χ1) is 33.9. The van der Waals surface area contributed by atoms with Crippen LogP contribution in [0.1, 0.15) is 44.6 Å². The molecule has 2 atom stereocenters. The SMILES string of the molecule is O=C(N[C@@H](Cc1cn(C(c2ccccc2)(c2ccccc2)c2ccccc2)cn1)C(=O)N[C@@H](Cc1ccc(OCc2ccccc2)cc1)C(=O)NCCOCc1ccccc1)OCc1ccccc1. The summed E-state index contributed by atoms with van der Waals surface area (Å²) in [6.45, 7) is 1.25. The minimum absolute atomic E-state index is 0.00812. The van der Waals surface area contributed by atoms with E-state index in [1.54, 1.807) is 6.33 Å². The molecule has 0 saturated carbocycles. The summed E-state index contributed by atoms with van der Waals surface area (Å²) >= 11 is 0. The lowest BCUT2D eigenvalue weighted by atomic mass is 9.77. The van der Waals surface area contributed by atoms with E-state index >= 15 is 0 Å². The van der Waals surface area contributed by atoms with Gasteiger partial charge in [0.2, 0.25) is 11.8 Å². The molecule has 69 heavy (non-hydrogen) atoms. The lowest BCUT2D eigenvalue weighted by molar-refractivity contribution is -0.130. The maximum atomic E-state index is 14.7. The zero-order valence-corrected chi connectivity index (χ0v) is 38.2. The smallest absolute Gasteiger partial charge is 0.408 e.